The molecule has 2 aromatic rings. The van der Waals surface area contributed by atoms with E-state index in [2.05, 4.69) is 10.6 Å². The molecule has 3 heterocycles. The number of hydrogen-bond donors (Lipinski definition) is 2. The summed E-state index contributed by atoms with van der Waals surface area (Å²) in [5, 5.41) is 5.57. The molecule has 0 radical (unpaired) electrons. The van der Waals surface area contributed by atoms with Crippen molar-refractivity contribution in [3.8, 4) is 0 Å². The molecule has 0 unspecified atom stereocenters. The smallest absolute Gasteiger partial charge is 0.243 e. The minimum Gasteiger partial charge on any atom is -0.355 e. The van der Waals surface area contributed by atoms with Gasteiger partial charge in [-0.05, 0) is 41.8 Å². The molecule has 0 bridgehead atoms. The summed E-state index contributed by atoms with van der Waals surface area (Å²) in [5.41, 5.74) is 1.82. The lowest BCUT2D eigenvalue weighted by atomic mass is 9.99. The van der Waals surface area contributed by atoms with Gasteiger partial charge in [0.25, 0.3) is 0 Å². The van der Waals surface area contributed by atoms with Gasteiger partial charge in [-0.1, -0.05) is 24.3 Å². The van der Waals surface area contributed by atoms with Gasteiger partial charge in [-0.25, -0.2) is 16.8 Å². The SMILES string of the molecule is O=C1C[C@H](c2ccc(S(=O)(=O)N3CCCN(S(=O)(=O)c4ccc([C@H]5CNC(=O)C5)cc4)CC3)cc2)CN1. The van der Waals surface area contributed by atoms with Crippen molar-refractivity contribution in [2.45, 2.75) is 40.9 Å². The maximum absolute atomic E-state index is 13.3. The number of amides is 2. The lowest BCUT2D eigenvalue weighted by Crippen LogP contribution is -2.37. The fourth-order valence-electron chi connectivity index (χ4n) is 5.15. The van der Waals surface area contributed by atoms with Gasteiger partial charge in [-0.2, -0.15) is 8.61 Å². The summed E-state index contributed by atoms with van der Waals surface area (Å²) in [6.07, 6.45) is 1.16. The van der Waals surface area contributed by atoms with Crippen LogP contribution in [-0.4, -0.2) is 76.5 Å². The van der Waals surface area contributed by atoms with E-state index >= 15 is 0 Å². The van der Waals surface area contributed by atoms with E-state index in [4.69, 9.17) is 0 Å². The summed E-state index contributed by atoms with van der Waals surface area (Å²) in [6.45, 7) is 1.64. The highest BCUT2D eigenvalue weighted by Crippen LogP contribution is 2.28. The van der Waals surface area contributed by atoms with Crippen molar-refractivity contribution in [2.75, 3.05) is 39.3 Å². The number of benzene rings is 2. The first kappa shape index (κ1) is 25.8. The molecule has 3 aliphatic rings. The van der Waals surface area contributed by atoms with Crippen molar-refractivity contribution < 1.29 is 26.4 Å². The molecule has 0 aliphatic carbocycles. The van der Waals surface area contributed by atoms with Crippen LogP contribution in [0.25, 0.3) is 0 Å². The van der Waals surface area contributed by atoms with Gasteiger partial charge in [0.15, 0.2) is 0 Å². The van der Waals surface area contributed by atoms with Gasteiger partial charge in [-0.15, -0.1) is 0 Å². The van der Waals surface area contributed by atoms with Crippen LogP contribution in [0.3, 0.4) is 0 Å². The van der Waals surface area contributed by atoms with E-state index in [-0.39, 0.29) is 59.6 Å². The normalized spacial score (nSPS) is 24.0. The first-order valence-corrected chi connectivity index (χ1v) is 15.3. The number of nitrogens with zero attached hydrogens (tertiary/aromatic N) is 2. The van der Waals surface area contributed by atoms with Gasteiger partial charge in [0.05, 0.1) is 9.79 Å². The van der Waals surface area contributed by atoms with Crippen LogP contribution in [0.15, 0.2) is 58.3 Å². The number of rotatable bonds is 6. The van der Waals surface area contributed by atoms with Crippen LogP contribution in [0, 0.1) is 0 Å². The monoisotopic (exact) mass is 546 g/mol. The Bertz CT molecular complexity index is 1280. The molecule has 12 heteroatoms. The minimum atomic E-state index is -3.79. The first-order valence-electron chi connectivity index (χ1n) is 12.4. The zero-order chi connectivity index (χ0) is 26.2. The van der Waals surface area contributed by atoms with E-state index in [1.807, 2.05) is 0 Å². The highest BCUT2D eigenvalue weighted by Gasteiger charge is 2.32. The Hall–Kier alpha value is -2.80. The van der Waals surface area contributed by atoms with Gasteiger partial charge in [0.1, 0.15) is 0 Å². The quantitative estimate of drug-likeness (QED) is 0.555. The maximum atomic E-state index is 13.3. The van der Waals surface area contributed by atoms with Crippen molar-refractivity contribution in [1.82, 2.24) is 19.2 Å². The average Bonchev–Trinajstić information content (AvgIpc) is 3.43. The predicted octanol–water partition coefficient (Wildman–Crippen LogP) is 0.979. The van der Waals surface area contributed by atoms with E-state index in [9.17, 15) is 26.4 Å². The average molecular weight is 547 g/mol. The molecule has 2 N–H and O–H groups in total. The van der Waals surface area contributed by atoms with E-state index < -0.39 is 20.0 Å². The number of nitrogens with one attached hydrogen (secondary N) is 2. The molecule has 3 aliphatic heterocycles. The number of carbonyl (C=O) groups is 2. The second-order valence-corrected chi connectivity index (χ2v) is 13.6. The van der Waals surface area contributed by atoms with Crippen LogP contribution < -0.4 is 10.6 Å². The topological polar surface area (TPSA) is 133 Å². The Morgan fingerprint density at radius 1 is 0.595 bits per heavy atom. The van der Waals surface area contributed by atoms with Crippen LogP contribution in [0.5, 0.6) is 0 Å². The summed E-state index contributed by atoms with van der Waals surface area (Å²) >= 11 is 0. The highest BCUT2D eigenvalue weighted by molar-refractivity contribution is 7.89. The summed E-state index contributed by atoms with van der Waals surface area (Å²) in [6, 6.07) is 13.2. The molecule has 2 aromatic carbocycles. The summed E-state index contributed by atoms with van der Waals surface area (Å²) < 4.78 is 55.9. The van der Waals surface area contributed by atoms with Crippen LogP contribution >= 0.6 is 0 Å². The van der Waals surface area contributed by atoms with Crippen molar-refractivity contribution in [1.29, 1.82) is 0 Å². The Morgan fingerprint density at radius 3 is 1.30 bits per heavy atom. The second-order valence-electron chi connectivity index (χ2n) is 9.71. The number of sulfonamides is 2. The Balaban J connectivity index is 1.25. The van der Waals surface area contributed by atoms with E-state index in [1.165, 1.54) is 8.61 Å². The van der Waals surface area contributed by atoms with Gasteiger partial charge < -0.3 is 10.6 Å². The molecule has 2 amide bonds. The first-order chi connectivity index (χ1) is 17.6. The molecular weight excluding hydrogens is 516 g/mol. The van der Waals surface area contributed by atoms with Crippen LogP contribution in [0.4, 0.5) is 0 Å². The van der Waals surface area contributed by atoms with Gasteiger partial charge in [0, 0.05) is 63.9 Å². The third-order valence-corrected chi connectivity index (χ3v) is 11.2. The fraction of sp³-hybridized carbons (Fsp3) is 0.440. The highest BCUT2D eigenvalue weighted by atomic mass is 32.2. The van der Waals surface area contributed by atoms with Crippen molar-refractivity contribution in [3.63, 3.8) is 0 Å². The Labute approximate surface area is 217 Å². The Morgan fingerprint density at radius 2 is 0.973 bits per heavy atom. The zero-order valence-corrected chi connectivity index (χ0v) is 21.9. The van der Waals surface area contributed by atoms with E-state index in [1.54, 1.807) is 48.5 Å². The molecule has 2 atom stereocenters. The van der Waals surface area contributed by atoms with Gasteiger partial charge in [0.2, 0.25) is 31.9 Å². The Kier molecular flexibility index (Phi) is 7.10. The summed E-state index contributed by atoms with van der Waals surface area (Å²) in [4.78, 5) is 23.3. The fourth-order valence-corrected chi connectivity index (χ4v) is 8.09. The molecule has 0 aromatic heterocycles. The third-order valence-electron chi connectivity index (χ3n) is 7.35. The van der Waals surface area contributed by atoms with Crippen molar-refractivity contribution in [2.24, 2.45) is 0 Å². The molecule has 5 rings (SSSR count). The molecule has 0 saturated carbocycles. The molecule has 198 valence electrons. The second kappa shape index (κ2) is 10.2. The molecule has 3 fully saturated rings. The van der Waals surface area contributed by atoms with E-state index in [0.717, 1.165) is 11.1 Å². The minimum absolute atomic E-state index is 0.00989. The van der Waals surface area contributed by atoms with Gasteiger partial charge >= 0.3 is 0 Å². The predicted molar refractivity (Wildman–Crippen MR) is 136 cm³/mol. The standard InChI is InChI=1S/C25H30N4O6S2/c30-24-14-20(16-26-24)18-2-6-22(7-3-18)36(32,33)28-10-1-11-29(13-12-28)37(34,35)23-8-4-19(5-9-23)21-15-25(31)27-17-21/h2-9,20-21H,1,10-17H2,(H,26,30)(H,27,31)/t20-,21+. The van der Waals surface area contributed by atoms with Gasteiger partial charge in [-0.3, -0.25) is 9.59 Å². The molecular formula is C25H30N4O6S2. The van der Waals surface area contributed by atoms with Crippen LogP contribution in [-0.2, 0) is 29.6 Å². The largest absolute Gasteiger partial charge is 0.355 e. The molecule has 3 saturated heterocycles. The lowest BCUT2D eigenvalue weighted by molar-refractivity contribution is -0.120. The lowest BCUT2D eigenvalue weighted by Gasteiger charge is -2.22. The summed E-state index contributed by atoms with van der Waals surface area (Å²) in [7, 11) is -7.59. The molecule has 0 spiro atoms. The van der Waals surface area contributed by atoms with Crippen molar-refractivity contribution in [3.05, 3.63) is 59.7 Å². The maximum Gasteiger partial charge on any atom is 0.243 e. The number of hydrogen-bond acceptors (Lipinski definition) is 6. The van der Waals surface area contributed by atoms with Crippen LogP contribution in [0.2, 0.25) is 0 Å². The molecule has 37 heavy (non-hydrogen) atoms. The molecule has 10 nitrogen and oxygen atoms in total. The summed E-state index contributed by atoms with van der Waals surface area (Å²) in [5.74, 6) is 0.0498. The van der Waals surface area contributed by atoms with Crippen LogP contribution in [0.1, 0.15) is 42.2 Å². The number of carbonyl (C=O) groups excluding carboxylic acids is 2. The zero-order valence-electron chi connectivity index (χ0n) is 20.3. The third kappa shape index (κ3) is 5.28. The van der Waals surface area contributed by atoms with E-state index in [0.29, 0.717) is 32.4 Å². The van der Waals surface area contributed by atoms with Crippen molar-refractivity contribution >= 4 is 31.9 Å².